The van der Waals surface area contributed by atoms with Crippen LogP contribution < -0.4 is 0 Å². The van der Waals surface area contributed by atoms with E-state index in [4.69, 9.17) is 0 Å². The second-order valence-electron chi connectivity index (χ2n) is 4.81. The molecule has 1 amide bonds. The van der Waals surface area contributed by atoms with Crippen LogP contribution in [0.5, 0.6) is 0 Å². The van der Waals surface area contributed by atoms with Crippen molar-refractivity contribution in [3.63, 3.8) is 0 Å². The van der Waals surface area contributed by atoms with E-state index in [0.29, 0.717) is 11.1 Å². The van der Waals surface area contributed by atoms with Gasteiger partial charge in [0.2, 0.25) is 0 Å². The van der Waals surface area contributed by atoms with Crippen molar-refractivity contribution >= 4 is 5.91 Å². The number of benzene rings is 1. The number of aromatic nitrogens is 2. The summed E-state index contributed by atoms with van der Waals surface area (Å²) in [4.78, 5) is 13.3. The SMILES string of the molecule is Cc1ccc(C(F)(F)F)c(CN(C)C(=O)c2cn[nH]c2)c1. The molecule has 1 N–H and O–H groups in total. The number of nitrogens with one attached hydrogen (secondary N) is 1. The molecule has 0 aliphatic carbocycles. The maximum Gasteiger partial charge on any atom is 0.416 e. The summed E-state index contributed by atoms with van der Waals surface area (Å²) < 4.78 is 39.0. The standard InChI is InChI=1S/C14H14F3N3O/c1-9-3-4-12(14(15,16)17)10(5-9)8-20(2)13(21)11-6-18-19-7-11/h3-7H,8H2,1-2H3,(H,18,19). The molecule has 0 aliphatic rings. The first-order valence-electron chi connectivity index (χ1n) is 6.20. The minimum atomic E-state index is -4.44. The number of aromatic amines is 1. The van der Waals surface area contributed by atoms with Gasteiger partial charge in [0.25, 0.3) is 5.91 Å². The Hall–Kier alpha value is -2.31. The average molecular weight is 297 g/mol. The second kappa shape index (κ2) is 5.59. The number of hydrogen-bond acceptors (Lipinski definition) is 2. The largest absolute Gasteiger partial charge is 0.416 e. The van der Waals surface area contributed by atoms with Crippen LogP contribution in [0.1, 0.15) is 27.0 Å². The van der Waals surface area contributed by atoms with Crippen molar-refractivity contribution in [2.24, 2.45) is 0 Å². The molecule has 2 aromatic rings. The summed E-state index contributed by atoms with van der Waals surface area (Å²) in [5.74, 6) is -0.390. The first-order valence-corrected chi connectivity index (χ1v) is 6.20. The van der Waals surface area contributed by atoms with Crippen molar-refractivity contribution in [3.05, 3.63) is 52.8 Å². The van der Waals surface area contributed by atoms with Gasteiger partial charge < -0.3 is 4.90 Å². The highest BCUT2D eigenvalue weighted by molar-refractivity contribution is 5.93. The molecular formula is C14H14F3N3O. The molecule has 4 nitrogen and oxygen atoms in total. The molecule has 7 heteroatoms. The highest BCUT2D eigenvalue weighted by Gasteiger charge is 2.33. The lowest BCUT2D eigenvalue weighted by Crippen LogP contribution is -2.27. The zero-order valence-electron chi connectivity index (χ0n) is 11.5. The Morgan fingerprint density at radius 1 is 1.38 bits per heavy atom. The van der Waals surface area contributed by atoms with Crippen molar-refractivity contribution in [3.8, 4) is 0 Å². The van der Waals surface area contributed by atoms with Gasteiger partial charge in [-0.2, -0.15) is 18.3 Å². The molecule has 0 spiro atoms. The summed E-state index contributed by atoms with van der Waals surface area (Å²) in [5, 5.41) is 6.15. The highest BCUT2D eigenvalue weighted by atomic mass is 19.4. The van der Waals surface area contributed by atoms with E-state index in [-0.39, 0.29) is 12.1 Å². The third kappa shape index (κ3) is 3.42. The summed E-state index contributed by atoms with van der Waals surface area (Å²) in [7, 11) is 1.46. The lowest BCUT2D eigenvalue weighted by atomic mass is 10.0. The smallest absolute Gasteiger partial charge is 0.337 e. The molecule has 1 aromatic heterocycles. The number of H-pyrrole nitrogens is 1. The zero-order valence-corrected chi connectivity index (χ0v) is 11.5. The van der Waals surface area contributed by atoms with Gasteiger partial charge in [-0.1, -0.05) is 17.7 Å². The summed E-state index contributed by atoms with van der Waals surface area (Å²) in [6, 6.07) is 3.90. The van der Waals surface area contributed by atoms with E-state index >= 15 is 0 Å². The van der Waals surface area contributed by atoms with E-state index in [2.05, 4.69) is 10.2 Å². The molecule has 0 fully saturated rings. The minimum Gasteiger partial charge on any atom is -0.337 e. The van der Waals surface area contributed by atoms with Crippen molar-refractivity contribution in [1.29, 1.82) is 0 Å². The zero-order chi connectivity index (χ0) is 15.6. The number of aryl methyl sites for hydroxylation is 1. The van der Waals surface area contributed by atoms with Crippen LogP contribution in [0.2, 0.25) is 0 Å². The number of alkyl halides is 3. The topological polar surface area (TPSA) is 49.0 Å². The van der Waals surface area contributed by atoms with Crippen LogP contribution in [-0.4, -0.2) is 28.1 Å². The maximum atomic E-state index is 13.0. The fraction of sp³-hybridized carbons (Fsp3) is 0.286. The van der Waals surface area contributed by atoms with Crippen molar-refractivity contribution < 1.29 is 18.0 Å². The van der Waals surface area contributed by atoms with Crippen LogP contribution in [0.3, 0.4) is 0 Å². The molecule has 112 valence electrons. The monoisotopic (exact) mass is 297 g/mol. The van der Waals surface area contributed by atoms with E-state index < -0.39 is 17.6 Å². The molecule has 21 heavy (non-hydrogen) atoms. The van der Waals surface area contributed by atoms with Gasteiger partial charge in [0.05, 0.1) is 17.3 Å². The number of halogens is 3. The normalized spacial score (nSPS) is 11.5. The van der Waals surface area contributed by atoms with Crippen LogP contribution >= 0.6 is 0 Å². The van der Waals surface area contributed by atoms with E-state index in [0.717, 1.165) is 6.07 Å². The number of amides is 1. The van der Waals surface area contributed by atoms with Crippen LogP contribution in [0.15, 0.2) is 30.6 Å². The third-order valence-electron chi connectivity index (χ3n) is 3.07. The molecule has 0 unspecified atom stereocenters. The minimum absolute atomic E-state index is 0.0712. The number of carbonyl (C=O) groups is 1. The molecule has 1 heterocycles. The van der Waals surface area contributed by atoms with Gasteiger partial charge in [0.1, 0.15) is 0 Å². The van der Waals surface area contributed by atoms with E-state index in [1.54, 1.807) is 6.92 Å². The molecule has 2 rings (SSSR count). The summed E-state index contributed by atoms with van der Waals surface area (Å²) >= 11 is 0. The second-order valence-corrected chi connectivity index (χ2v) is 4.81. The van der Waals surface area contributed by atoms with Gasteiger partial charge >= 0.3 is 6.18 Å². The first-order chi connectivity index (χ1) is 9.79. The molecule has 1 aromatic carbocycles. The maximum absolute atomic E-state index is 13.0. The molecule has 0 atom stereocenters. The molecule has 0 saturated carbocycles. The van der Waals surface area contributed by atoms with Crippen LogP contribution in [0.25, 0.3) is 0 Å². The Morgan fingerprint density at radius 3 is 2.67 bits per heavy atom. The third-order valence-corrected chi connectivity index (χ3v) is 3.07. The van der Waals surface area contributed by atoms with Gasteiger partial charge in [0.15, 0.2) is 0 Å². The van der Waals surface area contributed by atoms with E-state index in [1.165, 1.54) is 36.5 Å². The van der Waals surface area contributed by atoms with E-state index in [9.17, 15) is 18.0 Å². The Bertz CT molecular complexity index is 635. The quantitative estimate of drug-likeness (QED) is 0.946. The fourth-order valence-electron chi connectivity index (χ4n) is 2.05. The van der Waals surface area contributed by atoms with Gasteiger partial charge in [-0.25, -0.2) is 0 Å². The molecule has 0 radical (unpaired) electrons. The summed E-state index contributed by atoms with van der Waals surface area (Å²) in [6.45, 7) is 1.59. The van der Waals surface area contributed by atoms with Crippen molar-refractivity contribution in [2.75, 3.05) is 7.05 Å². The fourth-order valence-corrected chi connectivity index (χ4v) is 2.05. The first kappa shape index (κ1) is 15.1. The molecular weight excluding hydrogens is 283 g/mol. The molecule has 0 saturated heterocycles. The Labute approximate surface area is 119 Å². The highest BCUT2D eigenvalue weighted by Crippen LogP contribution is 2.33. The van der Waals surface area contributed by atoms with Gasteiger partial charge in [-0.3, -0.25) is 9.89 Å². The van der Waals surface area contributed by atoms with Gasteiger partial charge in [0, 0.05) is 19.8 Å². The van der Waals surface area contributed by atoms with Gasteiger partial charge in [-0.05, 0) is 18.6 Å². The predicted octanol–water partition coefficient (Wildman–Crippen LogP) is 3.01. The summed E-state index contributed by atoms with van der Waals surface area (Å²) in [6.07, 6.45) is -1.71. The van der Waals surface area contributed by atoms with Crippen molar-refractivity contribution in [1.82, 2.24) is 15.1 Å². The van der Waals surface area contributed by atoms with Crippen LogP contribution in [0, 0.1) is 6.92 Å². The summed E-state index contributed by atoms with van der Waals surface area (Å²) in [5.41, 5.74) is 0.364. The number of rotatable bonds is 3. The van der Waals surface area contributed by atoms with Gasteiger partial charge in [-0.15, -0.1) is 0 Å². The Kier molecular flexibility index (Phi) is 4.02. The Morgan fingerprint density at radius 2 is 2.10 bits per heavy atom. The number of hydrogen-bond donors (Lipinski definition) is 1. The van der Waals surface area contributed by atoms with Crippen LogP contribution in [0.4, 0.5) is 13.2 Å². The average Bonchev–Trinajstić information content (AvgIpc) is 2.90. The lowest BCUT2D eigenvalue weighted by Gasteiger charge is -2.20. The Balaban J connectivity index is 2.26. The number of nitrogens with zero attached hydrogens (tertiary/aromatic N) is 2. The van der Waals surface area contributed by atoms with E-state index in [1.807, 2.05) is 0 Å². The van der Waals surface area contributed by atoms with Crippen molar-refractivity contribution in [2.45, 2.75) is 19.6 Å². The number of carbonyl (C=O) groups excluding carboxylic acids is 1. The molecule has 0 aliphatic heterocycles. The predicted molar refractivity (Wildman–Crippen MR) is 70.6 cm³/mol. The lowest BCUT2D eigenvalue weighted by molar-refractivity contribution is -0.138. The molecule has 0 bridgehead atoms. The van der Waals surface area contributed by atoms with Crippen LogP contribution in [-0.2, 0) is 12.7 Å².